The smallest absolute Gasteiger partial charge is 0.414 e. The van der Waals surface area contributed by atoms with E-state index in [1.165, 1.54) is 15.9 Å². The Morgan fingerprint density at radius 1 is 1.02 bits per heavy atom. The minimum absolute atomic E-state index is 0.0218. The van der Waals surface area contributed by atoms with Gasteiger partial charge >= 0.3 is 12.2 Å². The summed E-state index contributed by atoms with van der Waals surface area (Å²) in [5.74, 6) is -2.76. The Morgan fingerprint density at radius 2 is 1.73 bits per heavy atom. The summed E-state index contributed by atoms with van der Waals surface area (Å²) in [5, 5.41) is 8.86. The molecule has 2 aliphatic heterocycles. The molecule has 2 saturated heterocycles. The Bertz CT molecular complexity index is 1500. The van der Waals surface area contributed by atoms with Gasteiger partial charge in [0.2, 0.25) is 11.7 Å². The molecule has 4 amide bonds. The normalized spacial score (nSPS) is 16.5. The standard InChI is InChI=1S/C29H30F2N6O7/c1-2-42-28(40)33-15-20-17-37(29(41)43-20)19-12-21(30)26(22(31)13-19)36-10-8-35(9-11-36)25(38)16-32-27(39)24-14-23(34-44-24)18-6-4-3-5-7-18/h3-7,12-14,20H,2,8-11,15-17H2,1H3,(H,32,39)(H,33,40)/t20-/m0/s1. The van der Waals surface area contributed by atoms with Crippen LogP contribution in [0.3, 0.4) is 0 Å². The number of cyclic esters (lactones) is 1. The average molecular weight is 613 g/mol. The fourth-order valence-electron chi connectivity index (χ4n) is 4.89. The summed E-state index contributed by atoms with van der Waals surface area (Å²) in [5.41, 5.74) is 0.958. The highest BCUT2D eigenvalue weighted by molar-refractivity contribution is 5.95. The average Bonchev–Trinajstić information content (AvgIpc) is 3.66. The van der Waals surface area contributed by atoms with Crippen LogP contribution in [0, 0.1) is 11.6 Å². The maximum absolute atomic E-state index is 15.2. The number of anilines is 2. The van der Waals surface area contributed by atoms with Gasteiger partial charge in [-0.25, -0.2) is 18.4 Å². The van der Waals surface area contributed by atoms with Gasteiger partial charge in [-0.05, 0) is 6.92 Å². The minimum Gasteiger partial charge on any atom is -0.450 e. The van der Waals surface area contributed by atoms with Crippen LogP contribution in [0.4, 0.5) is 29.7 Å². The van der Waals surface area contributed by atoms with Crippen molar-refractivity contribution < 1.29 is 42.0 Å². The lowest BCUT2D eigenvalue weighted by molar-refractivity contribution is -0.130. The third-order valence-electron chi connectivity index (χ3n) is 7.09. The van der Waals surface area contributed by atoms with Gasteiger partial charge in [0.05, 0.1) is 31.9 Å². The van der Waals surface area contributed by atoms with E-state index in [1.807, 2.05) is 30.3 Å². The van der Waals surface area contributed by atoms with Crippen molar-refractivity contribution >= 4 is 35.4 Å². The van der Waals surface area contributed by atoms with Gasteiger partial charge in [-0.3, -0.25) is 14.5 Å². The summed E-state index contributed by atoms with van der Waals surface area (Å²) < 4.78 is 45.4. The number of benzene rings is 2. The number of amides is 4. The van der Waals surface area contributed by atoms with E-state index in [2.05, 4.69) is 15.8 Å². The van der Waals surface area contributed by atoms with E-state index in [0.717, 1.165) is 22.6 Å². The molecule has 13 nitrogen and oxygen atoms in total. The fourth-order valence-corrected chi connectivity index (χ4v) is 4.89. The van der Waals surface area contributed by atoms with Crippen molar-refractivity contribution in [2.45, 2.75) is 13.0 Å². The van der Waals surface area contributed by atoms with Crippen LogP contribution in [-0.4, -0.2) is 92.6 Å². The maximum atomic E-state index is 15.2. The van der Waals surface area contributed by atoms with E-state index < -0.39 is 35.8 Å². The van der Waals surface area contributed by atoms with Gasteiger partial charge in [-0.1, -0.05) is 35.5 Å². The van der Waals surface area contributed by atoms with Gasteiger partial charge in [0.1, 0.15) is 17.5 Å². The summed E-state index contributed by atoms with van der Waals surface area (Å²) in [4.78, 5) is 53.1. The lowest BCUT2D eigenvalue weighted by Crippen LogP contribution is -2.51. The number of carbonyl (C=O) groups excluding carboxylic acids is 4. The highest BCUT2D eigenvalue weighted by Gasteiger charge is 2.34. The van der Waals surface area contributed by atoms with Gasteiger partial charge in [0, 0.05) is 49.9 Å². The molecule has 3 heterocycles. The van der Waals surface area contributed by atoms with Gasteiger partial charge in [-0.15, -0.1) is 0 Å². The number of hydrogen-bond donors (Lipinski definition) is 2. The number of rotatable bonds is 9. The number of hydrogen-bond acceptors (Lipinski definition) is 9. The Labute approximate surface area is 250 Å². The number of halogens is 2. The molecule has 0 spiro atoms. The monoisotopic (exact) mass is 612 g/mol. The lowest BCUT2D eigenvalue weighted by Gasteiger charge is -2.36. The van der Waals surface area contributed by atoms with E-state index in [1.54, 1.807) is 6.92 Å². The van der Waals surface area contributed by atoms with Crippen LogP contribution in [0.25, 0.3) is 11.3 Å². The first-order valence-corrected chi connectivity index (χ1v) is 13.9. The summed E-state index contributed by atoms with van der Waals surface area (Å²) in [6.07, 6.45) is -2.19. The van der Waals surface area contributed by atoms with E-state index in [9.17, 15) is 19.2 Å². The van der Waals surface area contributed by atoms with Crippen LogP contribution in [0.1, 0.15) is 17.5 Å². The number of nitrogens with one attached hydrogen (secondary N) is 2. The Hall–Kier alpha value is -5.21. The van der Waals surface area contributed by atoms with Crippen molar-refractivity contribution in [3.8, 4) is 11.3 Å². The first kappa shape index (κ1) is 30.3. The zero-order chi connectivity index (χ0) is 31.2. The van der Waals surface area contributed by atoms with Crippen molar-refractivity contribution in [3.63, 3.8) is 0 Å². The molecule has 2 aromatic carbocycles. The summed E-state index contributed by atoms with van der Waals surface area (Å²) in [6, 6.07) is 12.7. The summed E-state index contributed by atoms with van der Waals surface area (Å²) in [7, 11) is 0. The van der Waals surface area contributed by atoms with E-state index in [-0.39, 0.29) is 75.5 Å². The van der Waals surface area contributed by atoms with Crippen molar-refractivity contribution in [2.75, 3.05) is 62.2 Å². The molecule has 2 fully saturated rings. The quantitative estimate of drug-likeness (QED) is 0.372. The van der Waals surface area contributed by atoms with Gasteiger partial charge < -0.3 is 34.4 Å². The van der Waals surface area contributed by atoms with Crippen LogP contribution in [0.5, 0.6) is 0 Å². The second-order valence-corrected chi connectivity index (χ2v) is 9.97. The van der Waals surface area contributed by atoms with E-state index in [0.29, 0.717) is 5.69 Å². The SMILES string of the molecule is CCOC(=O)NC[C@H]1CN(c2cc(F)c(N3CCN(C(=O)CNC(=O)c4cc(-c5ccccc5)no4)CC3)c(F)c2)C(=O)O1. The van der Waals surface area contributed by atoms with Gasteiger partial charge in [0.25, 0.3) is 5.91 Å². The van der Waals surface area contributed by atoms with Crippen LogP contribution in [0.15, 0.2) is 53.1 Å². The molecular formula is C29H30F2N6O7. The second kappa shape index (κ2) is 13.4. The summed E-state index contributed by atoms with van der Waals surface area (Å²) >= 11 is 0. The molecule has 0 saturated carbocycles. The Morgan fingerprint density at radius 3 is 2.41 bits per heavy atom. The maximum Gasteiger partial charge on any atom is 0.414 e. The predicted molar refractivity (Wildman–Crippen MR) is 152 cm³/mol. The Kier molecular flexibility index (Phi) is 9.21. The molecule has 1 aromatic heterocycles. The molecule has 232 valence electrons. The molecule has 2 aliphatic rings. The molecule has 1 atom stereocenters. The third kappa shape index (κ3) is 6.88. The van der Waals surface area contributed by atoms with E-state index in [4.69, 9.17) is 14.0 Å². The minimum atomic E-state index is -0.880. The van der Waals surface area contributed by atoms with Crippen molar-refractivity contribution in [2.24, 2.45) is 0 Å². The number of aromatic nitrogens is 1. The first-order valence-electron chi connectivity index (χ1n) is 13.9. The predicted octanol–water partition coefficient (Wildman–Crippen LogP) is 2.77. The van der Waals surface area contributed by atoms with Crippen molar-refractivity contribution in [1.29, 1.82) is 0 Å². The molecule has 0 unspecified atom stereocenters. The highest BCUT2D eigenvalue weighted by atomic mass is 19.1. The molecular weight excluding hydrogens is 582 g/mol. The third-order valence-corrected chi connectivity index (χ3v) is 7.09. The van der Waals surface area contributed by atoms with Crippen molar-refractivity contribution in [1.82, 2.24) is 20.7 Å². The van der Waals surface area contributed by atoms with Crippen molar-refractivity contribution in [3.05, 3.63) is 65.9 Å². The lowest BCUT2D eigenvalue weighted by atomic mass is 10.1. The molecule has 5 rings (SSSR count). The van der Waals surface area contributed by atoms with Crippen LogP contribution >= 0.6 is 0 Å². The van der Waals surface area contributed by atoms with Crippen LogP contribution < -0.4 is 20.4 Å². The summed E-state index contributed by atoms with van der Waals surface area (Å²) in [6.45, 7) is 2.11. The highest BCUT2D eigenvalue weighted by Crippen LogP contribution is 2.31. The second-order valence-electron chi connectivity index (χ2n) is 9.97. The molecule has 0 bridgehead atoms. The number of piperazine rings is 1. The molecule has 0 radical (unpaired) electrons. The topological polar surface area (TPSA) is 147 Å². The zero-order valence-electron chi connectivity index (χ0n) is 23.8. The molecule has 3 aromatic rings. The van der Waals surface area contributed by atoms with E-state index >= 15 is 8.78 Å². The molecule has 2 N–H and O–H groups in total. The first-order chi connectivity index (χ1) is 21.2. The number of ether oxygens (including phenoxy) is 2. The molecule has 0 aliphatic carbocycles. The molecule has 44 heavy (non-hydrogen) atoms. The van der Waals surface area contributed by atoms with Gasteiger partial charge in [0.15, 0.2) is 11.6 Å². The fraction of sp³-hybridized carbons (Fsp3) is 0.345. The number of nitrogens with zero attached hydrogens (tertiary/aromatic N) is 4. The molecule has 15 heteroatoms. The van der Waals surface area contributed by atoms with Crippen LogP contribution in [-0.2, 0) is 14.3 Å². The number of alkyl carbamates (subject to hydrolysis) is 1. The van der Waals surface area contributed by atoms with Gasteiger partial charge in [-0.2, -0.15) is 0 Å². The zero-order valence-corrected chi connectivity index (χ0v) is 23.8. The Balaban J connectivity index is 1.12. The largest absolute Gasteiger partial charge is 0.450 e. The number of carbonyl (C=O) groups is 4. The van der Waals surface area contributed by atoms with Crippen LogP contribution in [0.2, 0.25) is 0 Å².